The number of carbonyl (C=O) groups is 3. The summed E-state index contributed by atoms with van der Waals surface area (Å²) in [6, 6.07) is 8.34. The first kappa shape index (κ1) is 39.5. The van der Waals surface area contributed by atoms with Crippen molar-refractivity contribution in [3.05, 3.63) is 90.8 Å². The summed E-state index contributed by atoms with van der Waals surface area (Å²) in [5, 5.41) is 23.5. The van der Waals surface area contributed by atoms with E-state index < -0.39 is 18.1 Å². The van der Waals surface area contributed by atoms with Crippen LogP contribution < -0.4 is 15.2 Å². The first-order valence-electron chi connectivity index (χ1n) is 15.1. The molecule has 1 fully saturated rings. The fourth-order valence-corrected chi connectivity index (χ4v) is 9.71. The molecule has 1 aliphatic rings. The van der Waals surface area contributed by atoms with Gasteiger partial charge in [0.05, 0.1) is 26.4 Å². The van der Waals surface area contributed by atoms with Gasteiger partial charge in [0.15, 0.2) is 11.5 Å². The number of aliphatic carboxylic acids is 1. The molecule has 256 valence electrons. The molecule has 0 radical (unpaired) electrons. The molecule has 1 aromatic heterocycles. The Kier molecular flexibility index (Phi) is 15.9. The molecule has 14 heteroatoms. The third-order valence-electron chi connectivity index (χ3n) is 7.41. The van der Waals surface area contributed by atoms with Gasteiger partial charge in [-0.3, -0.25) is 14.4 Å². The quantitative estimate of drug-likeness (QED) is 0.0437. The Hall–Kier alpha value is -1.33. The number of unbranched alkanes of at least 4 members (excludes halogenated alkanes) is 1. The van der Waals surface area contributed by atoms with Gasteiger partial charge in [-0.25, -0.2) is 0 Å². The van der Waals surface area contributed by atoms with Crippen LogP contribution in [0.4, 0.5) is 0 Å². The molecule has 0 bridgehead atoms. The molecular formula is C34H34I4N2O7S. The Labute approximate surface area is 338 Å². The predicted octanol–water partition coefficient (Wildman–Crippen LogP) is 7.70. The Balaban J connectivity index is 1.23. The van der Waals surface area contributed by atoms with Crippen LogP contribution in [0, 0.1) is 14.3 Å². The Bertz CT molecular complexity index is 1620. The minimum Gasteiger partial charge on any atom is -0.480 e. The van der Waals surface area contributed by atoms with E-state index in [9.17, 15) is 19.5 Å². The number of benzene rings is 2. The molecule has 0 spiro atoms. The summed E-state index contributed by atoms with van der Waals surface area (Å²) in [5.41, 5.74) is 7.62. The lowest BCUT2D eigenvalue weighted by atomic mass is 10.1. The molecule has 9 nitrogen and oxygen atoms in total. The van der Waals surface area contributed by atoms with Crippen LogP contribution in [-0.4, -0.2) is 57.7 Å². The highest BCUT2D eigenvalue weighted by Gasteiger charge is 2.28. The second-order valence-electron chi connectivity index (χ2n) is 11.1. The van der Waals surface area contributed by atoms with Crippen molar-refractivity contribution in [1.29, 1.82) is 0 Å². The summed E-state index contributed by atoms with van der Waals surface area (Å²) in [5.74, 6) is 0.453. The molecule has 3 aromatic rings. The van der Waals surface area contributed by atoms with Gasteiger partial charge in [-0.15, -0.1) is 0 Å². The molecule has 2 aromatic carbocycles. The molecule has 4 rings (SSSR count). The fourth-order valence-electron chi connectivity index (χ4n) is 4.98. The summed E-state index contributed by atoms with van der Waals surface area (Å²) in [6.45, 7) is 0.491. The summed E-state index contributed by atoms with van der Waals surface area (Å²) < 4.78 is 15.0. The van der Waals surface area contributed by atoms with Crippen molar-refractivity contribution in [2.24, 2.45) is 5.73 Å². The average molecular weight is 1120 g/mol. The van der Waals surface area contributed by atoms with Gasteiger partial charge in [-0.1, -0.05) is 24.3 Å². The molecule has 1 saturated heterocycles. The number of esters is 1. The highest BCUT2D eigenvalue weighted by Crippen LogP contribution is 2.37. The lowest BCUT2D eigenvalue weighted by molar-refractivity contribution is -0.138. The number of hydrogen-bond acceptors (Lipinski definition) is 8. The summed E-state index contributed by atoms with van der Waals surface area (Å²) in [6.07, 6.45) is 10.6. The Morgan fingerprint density at radius 1 is 1.02 bits per heavy atom. The molecule has 4 N–H and O–H groups in total. The van der Waals surface area contributed by atoms with Gasteiger partial charge >= 0.3 is 11.9 Å². The molecule has 3 unspecified atom stereocenters. The standard InChI is InChI=1S/C34H34I4N2O7S/c35-25-14-21(16-29(39)34(44)45)15-26(36)32(25)46-24-17-27(37)33(28(38)18-24)47-31(43)5-3-1-2-4-11-40-22(7-9-30(40)42)6-8-23(41)13-20-10-12-48-19-20/h2,4,6,8,10,12,14-15,17-19,22-23,29,41H,1,3,5,7,9,11,13,16,39H2,(H,44,45). The zero-order valence-corrected chi connectivity index (χ0v) is 35.1. The molecule has 48 heavy (non-hydrogen) atoms. The number of allylic oxidation sites excluding steroid dienone is 1. The first-order valence-corrected chi connectivity index (χ1v) is 20.3. The number of halogens is 4. The molecule has 0 saturated carbocycles. The molecule has 1 amide bonds. The molecule has 2 heterocycles. The van der Waals surface area contributed by atoms with Crippen LogP contribution in [0.3, 0.4) is 0 Å². The van der Waals surface area contributed by atoms with Crippen molar-refractivity contribution in [3.8, 4) is 17.2 Å². The summed E-state index contributed by atoms with van der Waals surface area (Å²) >= 11 is 10.2. The lowest BCUT2D eigenvalue weighted by Crippen LogP contribution is -2.32. The van der Waals surface area contributed by atoms with E-state index in [0.717, 1.165) is 31.8 Å². The fraction of sp³-hybridized carbons (Fsp3) is 0.324. The van der Waals surface area contributed by atoms with E-state index in [4.69, 9.17) is 20.3 Å². The minimum atomic E-state index is -1.05. The van der Waals surface area contributed by atoms with Gasteiger partial charge in [0.1, 0.15) is 11.8 Å². The van der Waals surface area contributed by atoms with E-state index in [2.05, 4.69) is 90.4 Å². The lowest BCUT2D eigenvalue weighted by Gasteiger charge is -2.21. The molecular weight excluding hydrogens is 1090 g/mol. The number of carbonyl (C=O) groups excluding carboxylic acids is 2. The second-order valence-corrected chi connectivity index (χ2v) is 16.6. The number of aliphatic hydroxyl groups excluding tert-OH is 1. The topological polar surface area (TPSA) is 139 Å². The van der Waals surface area contributed by atoms with E-state index in [0.29, 0.717) is 49.5 Å². The van der Waals surface area contributed by atoms with Crippen LogP contribution in [0.25, 0.3) is 0 Å². The number of rotatable bonds is 16. The smallest absolute Gasteiger partial charge is 0.320 e. The van der Waals surface area contributed by atoms with Gasteiger partial charge in [0.25, 0.3) is 0 Å². The van der Waals surface area contributed by atoms with E-state index in [1.807, 2.05) is 52.1 Å². The summed E-state index contributed by atoms with van der Waals surface area (Å²) in [7, 11) is 0. The van der Waals surface area contributed by atoms with Crippen LogP contribution in [0.1, 0.15) is 43.2 Å². The third-order valence-corrected chi connectivity index (χ3v) is 11.4. The van der Waals surface area contributed by atoms with Crippen LogP contribution in [0.5, 0.6) is 17.2 Å². The van der Waals surface area contributed by atoms with Crippen LogP contribution >= 0.6 is 102 Å². The third kappa shape index (κ3) is 11.9. The van der Waals surface area contributed by atoms with Gasteiger partial charge in [0.2, 0.25) is 5.91 Å². The summed E-state index contributed by atoms with van der Waals surface area (Å²) in [4.78, 5) is 38.1. The average Bonchev–Trinajstić information content (AvgIpc) is 3.66. The van der Waals surface area contributed by atoms with Crippen molar-refractivity contribution in [2.75, 3.05) is 6.54 Å². The van der Waals surface area contributed by atoms with Crippen molar-refractivity contribution in [3.63, 3.8) is 0 Å². The van der Waals surface area contributed by atoms with Crippen LogP contribution in [-0.2, 0) is 27.2 Å². The zero-order chi connectivity index (χ0) is 34.8. The number of carboxylic acids is 1. The van der Waals surface area contributed by atoms with Crippen molar-refractivity contribution < 1.29 is 34.1 Å². The maximum atomic E-state index is 12.7. The maximum absolute atomic E-state index is 12.7. The van der Waals surface area contributed by atoms with Crippen molar-refractivity contribution in [2.45, 2.75) is 63.1 Å². The number of amides is 1. The van der Waals surface area contributed by atoms with Gasteiger partial charge in [0, 0.05) is 25.8 Å². The molecule has 3 atom stereocenters. The number of aliphatic hydroxyl groups is 1. The highest BCUT2D eigenvalue weighted by molar-refractivity contribution is 14.1. The predicted molar refractivity (Wildman–Crippen MR) is 220 cm³/mol. The number of nitrogens with zero attached hydrogens (tertiary/aromatic N) is 1. The number of thiophene rings is 1. The zero-order valence-electron chi connectivity index (χ0n) is 25.6. The van der Waals surface area contributed by atoms with Gasteiger partial charge < -0.3 is 30.3 Å². The number of carboxylic acid groups (broad SMARTS) is 1. The number of likely N-dealkylation sites (tertiary alicyclic amines) is 1. The van der Waals surface area contributed by atoms with Gasteiger partial charge in [-0.2, -0.15) is 11.3 Å². The van der Waals surface area contributed by atoms with Crippen LogP contribution in [0.2, 0.25) is 0 Å². The monoisotopic (exact) mass is 1120 g/mol. The van der Waals surface area contributed by atoms with E-state index in [-0.39, 0.29) is 30.8 Å². The number of hydrogen-bond donors (Lipinski definition) is 3. The van der Waals surface area contributed by atoms with Gasteiger partial charge in [-0.05, 0) is 168 Å². The maximum Gasteiger partial charge on any atom is 0.320 e. The normalized spacial score (nSPS) is 16.2. The SMILES string of the molecule is NC(Cc1cc(I)c(Oc2cc(I)c(OC(=O)CCCC=CCN3C(=O)CCC3C=CC(O)Cc3ccsc3)c(I)c2)c(I)c1)C(=O)O. The van der Waals surface area contributed by atoms with E-state index in [1.54, 1.807) is 29.5 Å². The minimum absolute atomic E-state index is 0.0290. The van der Waals surface area contributed by atoms with Crippen LogP contribution in [0.15, 0.2) is 65.4 Å². The van der Waals surface area contributed by atoms with Crippen molar-refractivity contribution in [1.82, 2.24) is 4.90 Å². The second kappa shape index (κ2) is 19.3. The molecule has 1 aliphatic heterocycles. The highest BCUT2D eigenvalue weighted by atomic mass is 127. The largest absolute Gasteiger partial charge is 0.480 e. The van der Waals surface area contributed by atoms with Crippen molar-refractivity contribution >= 4 is 120 Å². The number of ether oxygens (including phenoxy) is 2. The Morgan fingerprint density at radius 2 is 1.71 bits per heavy atom. The first-order chi connectivity index (χ1) is 22.9. The van der Waals surface area contributed by atoms with E-state index in [1.165, 1.54) is 0 Å². The molecule has 0 aliphatic carbocycles. The Morgan fingerprint density at radius 3 is 2.35 bits per heavy atom. The van der Waals surface area contributed by atoms with E-state index >= 15 is 0 Å². The number of nitrogens with two attached hydrogens (primary N) is 1.